The molecule has 0 spiro atoms. The Morgan fingerprint density at radius 2 is 2.00 bits per heavy atom. The molecule has 0 rings (SSSR count). The van der Waals surface area contributed by atoms with E-state index in [1.807, 2.05) is 4.99 Å². The highest BCUT2D eigenvalue weighted by Crippen LogP contribution is 2.24. The molecule has 0 fully saturated rings. The van der Waals surface area contributed by atoms with E-state index in [1.54, 1.807) is 0 Å². The standard InChI is InChI=1S/C9H17Br/c1-4-5-6-9(2,3)7-8-10/h7-8H,4-6H2,1-3H3/b8-7+. The molecule has 0 aromatic carbocycles. The predicted octanol–water partition coefficient (Wildman–Crippen LogP) is 4.11. The van der Waals surface area contributed by atoms with Crippen molar-refractivity contribution in [1.29, 1.82) is 0 Å². The fourth-order valence-corrected chi connectivity index (χ4v) is 1.60. The Morgan fingerprint density at radius 1 is 1.40 bits per heavy atom. The molecule has 0 nitrogen and oxygen atoms in total. The fraction of sp³-hybridized carbons (Fsp3) is 0.778. The van der Waals surface area contributed by atoms with Gasteiger partial charge in [-0.1, -0.05) is 55.6 Å². The van der Waals surface area contributed by atoms with Crippen LogP contribution in [0, 0.1) is 5.41 Å². The molecule has 0 amide bonds. The van der Waals surface area contributed by atoms with Crippen LogP contribution < -0.4 is 0 Å². The van der Waals surface area contributed by atoms with Crippen molar-refractivity contribution in [2.75, 3.05) is 0 Å². The fourth-order valence-electron chi connectivity index (χ4n) is 0.886. The number of hydrogen-bond donors (Lipinski definition) is 0. The van der Waals surface area contributed by atoms with Gasteiger partial charge in [0.1, 0.15) is 0 Å². The van der Waals surface area contributed by atoms with E-state index in [2.05, 4.69) is 42.8 Å². The average molecular weight is 205 g/mol. The second kappa shape index (κ2) is 4.95. The SMILES string of the molecule is CCCCC(C)(C)/C=C/Br. The largest absolute Gasteiger partial charge is 0.0719 e. The molecule has 60 valence electrons. The van der Waals surface area contributed by atoms with E-state index in [0.717, 1.165) is 0 Å². The first-order valence-electron chi connectivity index (χ1n) is 3.90. The van der Waals surface area contributed by atoms with Gasteiger partial charge in [0, 0.05) is 0 Å². The molecule has 0 saturated heterocycles. The van der Waals surface area contributed by atoms with Gasteiger partial charge in [0.05, 0.1) is 0 Å². The van der Waals surface area contributed by atoms with E-state index in [1.165, 1.54) is 19.3 Å². The summed E-state index contributed by atoms with van der Waals surface area (Å²) in [4.78, 5) is 1.96. The van der Waals surface area contributed by atoms with Crippen molar-refractivity contribution in [3.8, 4) is 0 Å². The normalized spacial score (nSPS) is 12.8. The van der Waals surface area contributed by atoms with Crippen molar-refractivity contribution in [3.05, 3.63) is 11.1 Å². The van der Waals surface area contributed by atoms with Gasteiger partial charge < -0.3 is 0 Å². The monoisotopic (exact) mass is 204 g/mol. The lowest BCUT2D eigenvalue weighted by Crippen LogP contribution is -2.05. The number of rotatable bonds is 4. The lowest BCUT2D eigenvalue weighted by molar-refractivity contribution is 0.419. The Kier molecular flexibility index (Phi) is 5.06. The summed E-state index contributed by atoms with van der Waals surface area (Å²) >= 11 is 3.30. The van der Waals surface area contributed by atoms with Crippen LogP contribution in [0.5, 0.6) is 0 Å². The van der Waals surface area contributed by atoms with Crippen LogP contribution in [0.15, 0.2) is 11.1 Å². The third kappa shape index (κ3) is 5.04. The zero-order valence-electron chi connectivity index (χ0n) is 7.15. The Balaban J connectivity index is 3.63. The average Bonchev–Trinajstić information content (AvgIpc) is 1.84. The van der Waals surface area contributed by atoms with Gasteiger partial charge >= 0.3 is 0 Å². The topological polar surface area (TPSA) is 0 Å². The number of unbranched alkanes of at least 4 members (excludes halogenated alkanes) is 1. The van der Waals surface area contributed by atoms with Crippen molar-refractivity contribution in [1.82, 2.24) is 0 Å². The Labute approximate surface area is 72.8 Å². The zero-order chi connectivity index (χ0) is 8.04. The lowest BCUT2D eigenvalue weighted by atomic mass is 9.88. The van der Waals surface area contributed by atoms with Gasteiger partial charge in [0.25, 0.3) is 0 Å². The molecule has 10 heavy (non-hydrogen) atoms. The molecular formula is C9H17Br. The maximum absolute atomic E-state index is 3.30. The molecule has 0 saturated carbocycles. The van der Waals surface area contributed by atoms with Crippen LogP contribution in [0.2, 0.25) is 0 Å². The molecule has 0 aliphatic heterocycles. The van der Waals surface area contributed by atoms with Crippen LogP contribution in [0.1, 0.15) is 40.0 Å². The summed E-state index contributed by atoms with van der Waals surface area (Å²) in [5.41, 5.74) is 0.375. The molecule has 0 unspecified atom stereocenters. The molecule has 0 heterocycles. The van der Waals surface area contributed by atoms with Crippen LogP contribution >= 0.6 is 15.9 Å². The van der Waals surface area contributed by atoms with Crippen molar-refractivity contribution < 1.29 is 0 Å². The van der Waals surface area contributed by atoms with E-state index in [4.69, 9.17) is 0 Å². The quantitative estimate of drug-likeness (QED) is 0.647. The second-order valence-corrected chi connectivity index (χ2v) is 3.91. The molecule has 0 aromatic rings. The van der Waals surface area contributed by atoms with E-state index in [9.17, 15) is 0 Å². The summed E-state index contributed by atoms with van der Waals surface area (Å²) in [5, 5.41) is 0. The van der Waals surface area contributed by atoms with E-state index in [0.29, 0.717) is 5.41 Å². The first kappa shape index (κ1) is 10.2. The molecule has 0 aliphatic rings. The van der Waals surface area contributed by atoms with E-state index < -0.39 is 0 Å². The predicted molar refractivity (Wildman–Crippen MR) is 51.4 cm³/mol. The maximum atomic E-state index is 3.30. The molecular weight excluding hydrogens is 188 g/mol. The third-order valence-corrected chi connectivity index (χ3v) is 1.95. The van der Waals surface area contributed by atoms with Gasteiger partial charge in [-0.05, 0) is 16.8 Å². The number of halogens is 1. The molecule has 0 atom stereocenters. The van der Waals surface area contributed by atoms with Crippen LogP contribution in [0.4, 0.5) is 0 Å². The smallest absolute Gasteiger partial charge is 0.0167 e. The van der Waals surface area contributed by atoms with Crippen LogP contribution in [-0.4, -0.2) is 0 Å². The number of hydrogen-bond acceptors (Lipinski definition) is 0. The zero-order valence-corrected chi connectivity index (χ0v) is 8.74. The van der Waals surface area contributed by atoms with Gasteiger partial charge in [-0.3, -0.25) is 0 Å². The maximum Gasteiger partial charge on any atom is -0.0167 e. The highest BCUT2D eigenvalue weighted by atomic mass is 79.9. The Morgan fingerprint density at radius 3 is 2.40 bits per heavy atom. The van der Waals surface area contributed by atoms with Crippen molar-refractivity contribution in [2.45, 2.75) is 40.0 Å². The summed E-state index contributed by atoms with van der Waals surface area (Å²) in [6.07, 6.45) is 6.11. The molecule has 0 aromatic heterocycles. The van der Waals surface area contributed by atoms with Crippen molar-refractivity contribution in [3.63, 3.8) is 0 Å². The van der Waals surface area contributed by atoms with Gasteiger partial charge in [-0.25, -0.2) is 0 Å². The first-order chi connectivity index (χ1) is 4.62. The highest BCUT2D eigenvalue weighted by molar-refractivity contribution is 9.11. The van der Waals surface area contributed by atoms with Crippen molar-refractivity contribution in [2.24, 2.45) is 5.41 Å². The molecule has 1 heteroatoms. The van der Waals surface area contributed by atoms with Crippen LogP contribution in [0.3, 0.4) is 0 Å². The van der Waals surface area contributed by atoms with Crippen LogP contribution in [-0.2, 0) is 0 Å². The van der Waals surface area contributed by atoms with Crippen molar-refractivity contribution >= 4 is 15.9 Å². The lowest BCUT2D eigenvalue weighted by Gasteiger charge is -2.18. The second-order valence-electron chi connectivity index (χ2n) is 3.38. The summed E-state index contributed by atoms with van der Waals surface area (Å²) in [6, 6.07) is 0. The minimum absolute atomic E-state index is 0.375. The van der Waals surface area contributed by atoms with E-state index >= 15 is 0 Å². The van der Waals surface area contributed by atoms with Gasteiger partial charge in [0.2, 0.25) is 0 Å². The van der Waals surface area contributed by atoms with Gasteiger partial charge in [-0.15, -0.1) is 0 Å². The van der Waals surface area contributed by atoms with E-state index in [-0.39, 0.29) is 0 Å². The minimum atomic E-state index is 0.375. The molecule has 0 aliphatic carbocycles. The van der Waals surface area contributed by atoms with Gasteiger partial charge in [0.15, 0.2) is 0 Å². The summed E-state index contributed by atoms with van der Waals surface area (Å²) in [5.74, 6) is 0. The highest BCUT2D eigenvalue weighted by Gasteiger charge is 2.11. The minimum Gasteiger partial charge on any atom is -0.0719 e. The number of allylic oxidation sites excluding steroid dienone is 1. The summed E-state index contributed by atoms with van der Waals surface area (Å²) in [7, 11) is 0. The Bertz CT molecular complexity index is 103. The third-order valence-electron chi connectivity index (χ3n) is 1.69. The van der Waals surface area contributed by atoms with Gasteiger partial charge in [-0.2, -0.15) is 0 Å². The van der Waals surface area contributed by atoms with Crippen LogP contribution in [0.25, 0.3) is 0 Å². The molecule has 0 radical (unpaired) electrons. The summed E-state index contributed by atoms with van der Waals surface area (Å²) < 4.78 is 0. The first-order valence-corrected chi connectivity index (χ1v) is 4.82. The molecule has 0 N–H and O–H groups in total. The summed E-state index contributed by atoms with van der Waals surface area (Å²) in [6.45, 7) is 6.76. The Hall–Kier alpha value is 0.220. The molecule has 0 bridgehead atoms.